The highest BCUT2D eigenvalue weighted by atomic mass is 16.4. The number of carbonyl (C=O) groups is 2. The van der Waals surface area contributed by atoms with E-state index in [1.165, 1.54) is 0 Å². The van der Waals surface area contributed by atoms with Crippen LogP contribution in [0.1, 0.15) is 41.0 Å². The van der Waals surface area contributed by atoms with Crippen LogP contribution in [0, 0.1) is 5.41 Å². The lowest BCUT2D eigenvalue weighted by molar-refractivity contribution is -0.143. The molecule has 0 heterocycles. The van der Waals surface area contributed by atoms with E-state index in [0.717, 1.165) is 0 Å². The van der Waals surface area contributed by atoms with Crippen molar-refractivity contribution in [3.63, 3.8) is 0 Å². The van der Waals surface area contributed by atoms with Gasteiger partial charge in [-0.3, -0.25) is 9.59 Å². The maximum absolute atomic E-state index is 12.0. The molecule has 0 spiro atoms. The number of carboxylic acids is 1. The van der Waals surface area contributed by atoms with Crippen molar-refractivity contribution in [2.75, 3.05) is 6.54 Å². The number of carbonyl (C=O) groups excluding carboxylic acids is 1. The second-order valence-corrected chi connectivity index (χ2v) is 4.99. The normalized spacial score (nSPS) is 11.6. The first-order valence-corrected chi connectivity index (χ1v) is 5.19. The molecule has 88 valence electrons. The van der Waals surface area contributed by atoms with Gasteiger partial charge in [-0.2, -0.15) is 0 Å². The van der Waals surface area contributed by atoms with Crippen molar-refractivity contribution in [1.82, 2.24) is 4.90 Å². The second-order valence-electron chi connectivity index (χ2n) is 4.99. The van der Waals surface area contributed by atoms with Gasteiger partial charge < -0.3 is 10.0 Å². The van der Waals surface area contributed by atoms with E-state index in [-0.39, 0.29) is 24.9 Å². The summed E-state index contributed by atoms with van der Waals surface area (Å²) in [5, 5.41) is 8.59. The third-order valence-electron chi connectivity index (χ3n) is 2.09. The topological polar surface area (TPSA) is 57.6 Å². The zero-order valence-electron chi connectivity index (χ0n) is 10.2. The molecule has 0 aliphatic heterocycles. The van der Waals surface area contributed by atoms with Crippen LogP contribution < -0.4 is 0 Å². The summed E-state index contributed by atoms with van der Waals surface area (Å²) in [6.07, 6.45) is 0. The molecular formula is C11H21NO3. The van der Waals surface area contributed by atoms with E-state index >= 15 is 0 Å². The molecule has 0 saturated heterocycles. The van der Waals surface area contributed by atoms with E-state index in [1.807, 2.05) is 34.6 Å². The standard InChI is InChI=1S/C11H21NO3/c1-8(2)12(7-6-9(13)14)10(15)11(3,4)5/h8H,6-7H2,1-5H3,(H,13,14). The molecule has 0 saturated carbocycles. The van der Waals surface area contributed by atoms with Crippen LogP contribution >= 0.6 is 0 Å². The van der Waals surface area contributed by atoms with Crippen molar-refractivity contribution in [3.8, 4) is 0 Å². The highest BCUT2D eigenvalue weighted by Gasteiger charge is 2.28. The van der Waals surface area contributed by atoms with E-state index in [2.05, 4.69) is 0 Å². The summed E-state index contributed by atoms with van der Waals surface area (Å²) in [6, 6.07) is 0.0380. The Hall–Kier alpha value is -1.06. The minimum Gasteiger partial charge on any atom is -0.481 e. The van der Waals surface area contributed by atoms with Gasteiger partial charge in [-0.25, -0.2) is 0 Å². The quantitative estimate of drug-likeness (QED) is 0.777. The van der Waals surface area contributed by atoms with E-state index in [9.17, 15) is 9.59 Å². The van der Waals surface area contributed by atoms with Crippen molar-refractivity contribution in [2.24, 2.45) is 5.41 Å². The highest BCUT2D eigenvalue weighted by molar-refractivity contribution is 5.82. The van der Waals surface area contributed by atoms with Crippen LogP contribution in [-0.2, 0) is 9.59 Å². The maximum Gasteiger partial charge on any atom is 0.305 e. The SMILES string of the molecule is CC(C)N(CCC(=O)O)C(=O)C(C)(C)C. The van der Waals surface area contributed by atoms with Gasteiger partial charge in [-0.1, -0.05) is 20.8 Å². The Bertz CT molecular complexity index is 241. The number of carboxylic acid groups (broad SMARTS) is 1. The van der Waals surface area contributed by atoms with Crippen molar-refractivity contribution >= 4 is 11.9 Å². The van der Waals surface area contributed by atoms with Crippen LogP contribution in [0.25, 0.3) is 0 Å². The van der Waals surface area contributed by atoms with Gasteiger partial charge in [-0.15, -0.1) is 0 Å². The van der Waals surface area contributed by atoms with Crippen LogP contribution in [0.3, 0.4) is 0 Å². The maximum atomic E-state index is 12.0. The molecule has 1 amide bonds. The number of hydrogen-bond acceptors (Lipinski definition) is 2. The minimum atomic E-state index is -0.873. The lowest BCUT2D eigenvalue weighted by atomic mass is 9.94. The molecule has 0 unspecified atom stereocenters. The fourth-order valence-electron chi connectivity index (χ4n) is 1.24. The first-order chi connectivity index (χ1) is 6.66. The second kappa shape index (κ2) is 5.14. The fourth-order valence-corrected chi connectivity index (χ4v) is 1.24. The smallest absolute Gasteiger partial charge is 0.305 e. The lowest BCUT2D eigenvalue weighted by Gasteiger charge is -2.32. The molecule has 0 radical (unpaired) electrons. The lowest BCUT2D eigenvalue weighted by Crippen LogP contribution is -2.44. The Morgan fingerprint density at radius 3 is 2.00 bits per heavy atom. The Balaban J connectivity index is 4.54. The monoisotopic (exact) mass is 215 g/mol. The first-order valence-electron chi connectivity index (χ1n) is 5.19. The van der Waals surface area contributed by atoms with Crippen molar-refractivity contribution in [3.05, 3.63) is 0 Å². The van der Waals surface area contributed by atoms with E-state index in [0.29, 0.717) is 0 Å². The molecule has 1 N–H and O–H groups in total. The molecule has 0 bridgehead atoms. The molecule has 0 rings (SSSR count). The summed E-state index contributed by atoms with van der Waals surface area (Å²) in [6.45, 7) is 9.59. The van der Waals surface area contributed by atoms with E-state index in [1.54, 1.807) is 4.90 Å². The van der Waals surface area contributed by atoms with Crippen LogP contribution in [0.4, 0.5) is 0 Å². The third kappa shape index (κ3) is 4.81. The number of nitrogens with zero attached hydrogens (tertiary/aromatic N) is 1. The van der Waals surface area contributed by atoms with Crippen LogP contribution in [0.5, 0.6) is 0 Å². The Labute approximate surface area is 91.3 Å². The molecule has 4 heteroatoms. The van der Waals surface area contributed by atoms with Crippen LogP contribution in [0.15, 0.2) is 0 Å². The van der Waals surface area contributed by atoms with E-state index in [4.69, 9.17) is 5.11 Å². The summed E-state index contributed by atoms with van der Waals surface area (Å²) in [4.78, 5) is 24.0. The number of rotatable bonds is 4. The molecule has 4 nitrogen and oxygen atoms in total. The number of aliphatic carboxylic acids is 1. The molecular weight excluding hydrogens is 194 g/mol. The summed E-state index contributed by atoms with van der Waals surface area (Å²) in [7, 11) is 0. The Morgan fingerprint density at radius 1 is 1.27 bits per heavy atom. The van der Waals surface area contributed by atoms with Gasteiger partial charge in [0.25, 0.3) is 0 Å². The Kier molecular flexibility index (Phi) is 4.78. The van der Waals surface area contributed by atoms with Gasteiger partial charge in [0, 0.05) is 18.0 Å². The summed E-state index contributed by atoms with van der Waals surface area (Å²) < 4.78 is 0. The molecule has 0 aromatic rings. The fraction of sp³-hybridized carbons (Fsp3) is 0.818. The number of hydrogen-bond donors (Lipinski definition) is 1. The molecule has 0 aromatic heterocycles. The molecule has 0 fully saturated rings. The van der Waals surface area contributed by atoms with Gasteiger partial charge in [0.1, 0.15) is 0 Å². The van der Waals surface area contributed by atoms with Crippen molar-refractivity contribution in [2.45, 2.75) is 47.1 Å². The largest absolute Gasteiger partial charge is 0.481 e. The summed E-state index contributed by atoms with van der Waals surface area (Å²) in [5.74, 6) is -0.874. The third-order valence-corrected chi connectivity index (χ3v) is 2.09. The van der Waals surface area contributed by atoms with Crippen LogP contribution in [0.2, 0.25) is 0 Å². The molecule has 0 aliphatic rings. The average Bonchev–Trinajstić information content (AvgIpc) is 2.01. The van der Waals surface area contributed by atoms with Crippen LogP contribution in [-0.4, -0.2) is 34.5 Å². The van der Waals surface area contributed by atoms with Crippen molar-refractivity contribution in [1.29, 1.82) is 0 Å². The predicted molar refractivity (Wildman–Crippen MR) is 58.6 cm³/mol. The highest BCUT2D eigenvalue weighted by Crippen LogP contribution is 2.19. The molecule has 0 aromatic carbocycles. The number of amides is 1. The average molecular weight is 215 g/mol. The zero-order chi connectivity index (χ0) is 12.2. The summed E-state index contributed by atoms with van der Waals surface area (Å²) >= 11 is 0. The van der Waals surface area contributed by atoms with Gasteiger partial charge in [0.2, 0.25) is 5.91 Å². The van der Waals surface area contributed by atoms with Gasteiger partial charge >= 0.3 is 5.97 Å². The van der Waals surface area contributed by atoms with Gasteiger partial charge in [-0.05, 0) is 13.8 Å². The molecule has 15 heavy (non-hydrogen) atoms. The van der Waals surface area contributed by atoms with Gasteiger partial charge in [0.15, 0.2) is 0 Å². The zero-order valence-corrected chi connectivity index (χ0v) is 10.2. The minimum absolute atomic E-state index is 0. The van der Waals surface area contributed by atoms with Crippen molar-refractivity contribution < 1.29 is 14.7 Å². The Morgan fingerprint density at radius 2 is 1.73 bits per heavy atom. The van der Waals surface area contributed by atoms with Gasteiger partial charge in [0.05, 0.1) is 6.42 Å². The molecule has 0 aliphatic carbocycles. The first kappa shape index (κ1) is 13.9. The van der Waals surface area contributed by atoms with E-state index < -0.39 is 11.4 Å². The summed E-state index contributed by atoms with van der Waals surface area (Å²) in [5.41, 5.74) is -0.456. The predicted octanol–water partition coefficient (Wildman–Crippen LogP) is 1.74. The molecule has 0 atom stereocenters.